The lowest BCUT2D eigenvalue weighted by Crippen LogP contribution is -2.62. The van der Waals surface area contributed by atoms with Gasteiger partial charge in [0.2, 0.25) is 0 Å². The first-order valence-corrected chi connectivity index (χ1v) is 7.22. The molecule has 1 amide bonds. The molecular weight excluding hydrogens is 281 g/mol. The van der Waals surface area contributed by atoms with Crippen molar-refractivity contribution in [3.05, 3.63) is 34.6 Å². The molecule has 1 aromatic rings. The van der Waals surface area contributed by atoms with Gasteiger partial charge in [-0.05, 0) is 18.2 Å². The van der Waals surface area contributed by atoms with Crippen molar-refractivity contribution < 1.29 is 9.18 Å². The van der Waals surface area contributed by atoms with E-state index in [0.717, 1.165) is 26.2 Å². The van der Waals surface area contributed by atoms with Crippen LogP contribution >= 0.6 is 11.6 Å². The number of carbonyl (C=O) groups excluding carboxylic acids is 1. The third-order valence-electron chi connectivity index (χ3n) is 4.04. The maximum Gasteiger partial charge on any atom is 0.253 e. The number of hydrogen-bond acceptors (Lipinski definition) is 3. The lowest BCUT2D eigenvalue weighted by atomic mass is 10.1. The second-order valence-corrected chi connectivity index (χ2v) is 5.68. The van der Waals surface area contributed by atoms with E-state index in [2.05, 4.69) is 10.2 Å². The van der Waals surface area contributed by atoms with Gasteiger partial charge in [0.15, 0.2) is 0 Å². The van der Waals surface area contributed by atoms with Crippen LogP contribution < -0.4 is 5.32 Å². The number of amides is 1. The Bertz CT molecular complexity index is 513. The molecule has 2 aliphatic heterocycles. The molecule has 3 rings (SSSR count). The zero-order valence-electron chi connectivity index (χ0n) is 11.1. The van der Waals surface area contributed by atoms with Crippen molar-refractivity contribution >= 4 is 17.5 Å². The van der Waals surface area contributed by atoms with Gasteiger partial charge in [-0.15, -0.1) is 0 Å². The Hall–Kier alpha value is -1.17. The van der Waals surface area contributed by atoms with E-state index in [-0.39, 0.29) is 10.9 Å². The number of halogens is 2. The van der Waals surface area contributed by atoms with Crippen molar-refractivity contribution in [1.29, 1.82) is 0 Å². The van der Waals surface area contributed by atoms with Crippen LogP contribution in [0.5, 0.6) is 0 Å². The summed E-state index contributed by atoms with van der Waals surface area (Å²) in [6.45, 7) is 5.30. The molecule has 6 heteroatoms. The molecule has 2 heterocycles. The number of nitrogens with one attached hydrogen (secondary N) is 1. The Kier molecular flexibility index (Phi) is 3.92. The first kappa shape index (κ1) is 13.8. The van der Waals surface area contributed by atoms with E-state index >= 15 is 0 Å². The lowest BCUT2D eigenvalue weighted by molar-refractivity contribution is 0.0502. The van der Waals surface area contributed by atoms with Crippen LogP contribution in [0.25, 0.3) is 0 Å². The van der Waals surface area contributed by atoms with E-state index in [4.69, 9.17) is 11.6 Å². The largest absolute Gasteiger partial charge is 0.336 e. The molecule has 108 valence electrons. The van der Waals surface area contributed by atoms with E-state index in [1.807, 2.05) is 4.90 Å². The number of nitrogens with zero attached hydrogens (tertiary/aromatic N) is 2. The average molecular weight is 298 g/mol. The molecule has 20 heavy (non-hydrogen) atoms. The van der Waals surface area contributed by atoms with E-state index in [1.165, 1.54) is 18.2 Å². The smallest absolute Gasteiger partial charge is 0.253 e. The molecule has 0 atom stereocenters. The predicted octanol–water partition coefficient (Wildman–Crippen LogP) is 1.21. The lowest BCUT2D eigenvalue weighted by Gasteiger charge is -2.43. The Labute approximate surface area is 122 Å². The van der Waals surface area contributed by atoms with Gasteiger partial charge in [0, 0.05) is 50.9 Å². The van der Waals surface area contributed by atoms with Gasteiger partial charge in [0.25, 0.3) is 5.91 Å². The Morgan fingerprint density at radius 3 is 2.50 bits per heavy atom. The van der Waals surface area contributed by atoms with Crippen LogP contribution in [0, 0.1) is 5.82 Å². The third-order valence-corrected chi connectivity index (χ3v) is 4.33. The third kappa shape index (κ3) is 2.66. The summed E-state index contributed by atoms with van der Waals surface area (Å²) >= 11 is 5.73. The molecule has 2 fully saturated rings. The van der Waals surface area contributed by atoms with Crippen LogP contribution in [-0.2, 0) is 0 Å². The fraction of sp³-hybridized carbons (Fsp3) is 0.500. The summed E-state index contributed by atoms with van der Waals surface area (Å²) < 4.78 is 13.1. The zero-order valence-corrected chi connectivity index (χ0v) is 11.9. The van der Waals surface area contributed by atoms with Crippen LogP contribution in [0.1, 0.15) is 10.4 Å². The molecule has 1 N–H and O–H groups in total. The Morgan fingerprint density at radius 2 is 1.95 bits per heavy atom. The van der Waals surface area contributed by atoms with Crippen molar-refractivity contribution in [3.8, 4) is 0 Å². The monoisotopic (exact) mass is 297 g/mol. The number of benzene rings is 1. The summed E-state index contributed by atoms with van der Waals surface area (Å²) in [5, 5.41) is 3.25. The van der Waals surface area contributed by atoms with Crippen molar-refractivity contribution in [3.63, 3.8) is 0 Å². The van der Waals surface area contributed by atoms with Gasteiger partial charge in [-0.25, -0.2) is 4.39 Å². The first-order chi connectivity index (χ1) is 9.65. The minimum atomic E-state index is -0.495. The molecule has 4 nitrogen and oxygen atoms in total. The molecule has 0 spiro atoms. The minimum absolute atomic E-state index is 0.00460. The molecular formula is C14H17ClFN3O. The van der Waals surface area contributed by atoms with Gasteiger partial charge in [0.1, 0.15) is 5.82 Å². The summed E-state index contributed by atoms with van der Waals surface area (Å²) in [5.74, 6) is -0.566. The highest BCUT2D eigenvalue weighted by Gasteiger charge is 2.29. The van der Waals surface area contributed by atoms with Crippen LogP contribution in [0.2, 0.25) is 5.02 Å². The second kappa shape index (κ2) is 5.68. The summed E-state index contributed by atoms with van der Waals surface area (Å²) in [4.78, 5) is 16.6. The molecule has 0 saturated carbocycles. The predicted molar refractivity (Wildman–Crippen MR) is 75.5 cm³/mol. The molecule has 2 saturated heterocycles. The van der Waals surface area contributed by atoms with Gasteiger partial charge >= 0.3 is 0 Å². The van der Waals surface area contributed by atoms with E-state index < -0.39 is 5.82 Å². The summed E-state index contributed by atoms with van der Waals surface area (Å²) in [5.41, 5.74) is 0.454. The van der Waals surface area contributed by atoms with Gasteiger partial charge in [-0.1, -0.05) is 11.6 Å². The van der Waals surface area contributed by atoms with Crippen molar-refractivity contribution in [2.24, 2.45) is 0 Å². The Morgan fingerprint density at radius 1 is 1.25 bits per heavy atom. The molecule has 0 aliphatic carbocycles. The number of hydrogen-bond donors (Lipinski definition) is 1. The van der Waals surface area contributed by atoms with E-state index in [1.54, 1.807) is 0 Å². The standard InChI is InChI=1S/C14H17ClFN3O/c15-12-7-10(1-2-13(12)16)14(20)19-5-3-18(4-6-19)11-8-17-9-11/h1-2,7,11,17H,3-6,8-9H2. The normalized spacial score (nSPS) is 20.8. The SMILES string of the molecule is O=C(c1ccc(F)c(Cl)c1)N1CCN(C2CNC2)CC1. The van der Waals surface area contributed by atoms with Crippen LogP contribution in [0.15, 0.2) is 18.2 Å². The zero-order chi connectivity index (χ0) is 14.1. The topological polar surface area (TPSA) is 35.6 Å². The van der Waals surface area contributed by atoms with Gasteiger partial charge in [0.05, 0.1) is 5.02 Å². The van der Waals surface area contributed by atoms with Crippen molar-refractivity contribution in [1.82, 2.24) is 15.1 Å². The summed E-state index contributed by atoms with van der Waals surface area (Å²) in [6, 6.07) is 4.76. The quantitative estimate of drug-likeness (QED) is 0.891. The fourth-order valence-corrected chi connectivity index (χ4v) is 2.81. The maximum absolute atomic E-state index is 13.1. The van der Waals surface area contributed by atoms with Crippen LogP contribution in [0.4, 0.5) is 4.39 Å². The minimum Gasteiger partial charge on any atom is -0.336 e. The Balaban J connectivity index is 1.62. The summed E-state index contributed by atoms with van der Waals surface area (Å²) in [6.07, 6.45) is 0. The average Bonchev–Trinajstić information content (AvgIpc) is 2.40. The van der Waals surface area contributed by atoms with Crippen LogP contribution in [0.3, 0.4) is 0 Å². The first-order valence-electron chi connectivity index (χ1n) is 6.84. The van der Waals surface area contributed by atoms with Gasteiger partial charge in [-0.2, -0.15) is 0 Å². The van der Waals surface area contributed by atoms with Crippen molar-refractivity contribution in [2.75, 3.05) is 39.3 Å². The number of rotatable bonds is 2. The van der Waals surface area contributed by atoms with Crippen molar-refractivity contribution in [2.45, 2.75) is 6.04 Å². The van der Waals surface area contributed by atoms with E-state index in [9.17, 15) is 9.18 Å². The van der Waals surface area contributed by atoms with Crippen LogP contribution in [-0.4, -0.2) is 61.0 Å². The molecule has 0 aromatic heterocycles. The van der Waals surface area contributed by atoms with Gasteiger partial charge in [-0.3, -0.25) is 9.69 Å². The highest BCUT2D eigenvalue weighted by molar-refractivity contribution is 6.31. The highest BCUT2D eigenvalue weighted by atomic mass is 35.5. The highest BCUT2D eigenvalue weighted by Crippen LogP contribution is 2.18. The molecule has 2 aliphatic rings. The number of piperazine rings is 1. The van der Waals surface area contributed by atoms with Gasteiger partial charge < -0.3 is 10.2 Å². The molecule has 1 aromatic carbocycles. The second-order valence-electron chi connectivity index (χ2n) is 5.27. The molecule has 0 bridgehead atoms. The molecule has 0 unspecified atom stereocenters. The summed E-state index contributed by atoms with van der Waals surface area (Å²) in [7, 11) is 0. The van der Waals surface area contributed by atoms with E-state index in [0.29, 0.717) is 24.7 Å². The number of carbonyl (C=O) groups is 1. The fourth-order valence-electron chi connectivity index (χ4n) is 2.63. The maximum atomic E-state index is 13.1. The molecule has 0 radical (unpaired) electrons.